The molecule has 1 N–H and O–H groups in total. The fraction of sp³-hybridized carbons (Fsp3) is 0.556. The van der Waals surface area contributed by atoms with E-state index < -0.39 is 0 Å². The maximum atomic E-state index is 4.40. The van der Waals surface area contributed by atoms with Crippen LogP contribution in [0.3, 0.4) is 0 Å². The van der Waals surface area contributed by atoms with Crippen LogP contribution in [-0.2, 0) is 0 Å². The first kappa shape index (κ1) is 7.68. The SMILES string of the molecule is Cc1ccnc([C@H]2CCNC2)n1. The van der Waals surface area contributed by atoms with Gasteiger partial charge in [0.15, 0.2) is 0 Å². The lowest BCUT2D eigenvalue weighted by molar-refractivity contribution is 0.697. The molecule has 1 aromatic heterocycles. The molecule has 0 unspecified atom stereocenters. The molecular weight excluding hydrogens is 150 g/mol. The first-order valence-electron chi connectivity index (χ1n) is 4.36. The van der Waals surface area contributed by atoms with Crippen molar-refractivity contribution in [3.05, 3.63) is 23.8 Å². The van der Waals surface area contributed by atoms with Crippen LogP contribution in [0, 0.1) is 6.92 Å². The maximum absolute atomic E-state index is 4.40. The summed E-state index contributed by atoms with van der Waals surface area (Å²) >= 11 is 0. The molecule has 0 spiro atoms. The number of hydrogen-bond donors (Lipinski definition) is 1. The largest absolute Gasteiger partial charge is 0.316 e. The summed E-state index contributed by atoms with van der Waals surface area (Å²) in [7, 11) is 0. The molecule has 0 amide bonds. The van der Waals surface area contributed by atoms with Crippen LogP contribution in [0.5, 0.6) is 0 Å². The maximum Gasteiger partial charge on any atom is 0.132 e. The molecule has 1 saturated heterocycles. The minimum Gasteiger partial charge on any atom is -0.316 e. The molecule has 3 heteroatoms. The van der Waals surface area contributed by atoms with Gasteiger partial charge in [0.05, 0.1) is 0 Å². The molecule has 1 aliphatic heterocycles. The first-order valence-corrected chi connectivity index (χ1v) is 4.36. The molecular formula is C9H13N3. The summed E-state index contributed by atoms with van der Waals surface area (Å²) in [6.07, 6.45) is 3.01. The lowest BCUT2D eigenvalue weighted by Gasteiger charge is -2.05. The molecule has 12 heavy (non-hydrogen) atoms. The van der Waals surface area contributed by atoms with Gasteiger partial charge in [-0.3, -0.25) is 0 Å². The minimum atomic E-state index is 0.532. The van der Waals surface area contributed by atoms with Gasteiger partial charge in [-0.25, -0.2) is 9.97 Å². The summed E-state index contributed by atoms with van der Waals surface area (Å²) in [5.41, 5.74) is 1.06. The van der Waals surface area contributed by atoms with E-state index >= 15 is 0 Å². The molecule has 0 aliphatic carbocycles. The van der Waals surface area contributed by atoms with Crippen LogP contribution >= 0.6 is 0 Å². The molecule has 64 valence electrons. The summed E-state index contributed by atoms with van der Waals surface area (Å²) in [5.74, 6) is 1.53. The van der Waals surface area contributed by atoms with E-state index in [1.54, 1.807) is 0 Å². The monoisotopic (exact) mass is 163 g/mol. The zero-order valence-electron chi connectivity index (χ0n) is 7.25. The Bertz CT molecular complexity index is 266. The van der Waals surface area contributed by atoms with Gasteiger partial charge in [-0.05, 0) is 26.0 Å². The minimum absolute atomic E-state index is 0.532. The van der Waals surface area contributed by atoms with Crippen molar-refractivity contribution in [2.24, 2.45) is 0 Å². The number of rotatable bonds is 1. The van der Waals surface area contributed by atoms with Gasteiger partial charge in [0.2, 0.25) is 0 Å². The van der Waals surface area contributed by atoms with E-state index in [-0.39, 0.29) is 0 Å². The Morgan fingerprint density at radius 3 is 3.17 bits per heavy atom. The molecule has 0 saturated carbocycles. The van der Waals surface area contributed by atoms with E-state index in [0.717, 1.165) is 24.6 Å². The van der Waals surface area contributed by atoms with Crippen molar-refractivity contribution in [2.45, 2.75) is 19.3 Å². The first-order chi connectivity index (χ1) is 5.86. The van der Waals surface area contributed by atoms with Crippen LogP contribution in [0.1, 0.15) is 23.9 Å². The van der Waals surface area contributed by atoms with E-state index in [1.165, 1.54) is 6.42 Å². The molecule has 2 rings (SSSR count). The second-order valence-electron chi connectivity index (χ2n) is 3.25. The normalized spacial score (nSPS) is 22.9. The predicted molar refractivity (Wildman–Crippen MR) is 47.0 cm³/mol. The summed E-state index contributed by atoms with van der Waals surface area (Å²) in [4.78, 5) is 8.67. The molecule has 0 aromatic carbocycles. The van der Waals surface area contributed by atoms with Crippen LogP contribution in [-0.4, -0.2) is 23.1 Å². The Hall–Kier alpha value is -0.960. The summed E-state index contributed by atoms with van der Waals surface area (Å²) < 4.78 is 0. The molecule has 0 bridgehead atoms. The highest BCUT2D eigenvalue weighted by molar-refractivity contribution is 5.05. The standard InChI is InChI=1S/C9H13N3/c1-7-2-5-11-9(12-7)8-3-4-10-6-8/h2,5,8,10H,3-4,6H2,1H3/t8-/m0/s1. The van der Waals surface area contributed by atoms with Crippen LogP contribution in [0.15, 0.2) is 12.3 Å². The lowest BCUT2D eigenvalue weighted by atomic mass is 10.1. The highest BCUT2D eigenvalue weighted by Crippen LogP contribution is 2.17. The Labute approximate surface area is 72.2 Å². The van der Waals surface area contributed by atoms with Crippen molar-refractivity contribution in [3.8, 4) is 0 Å². The lowest BCUT2D eigenvalue weighted by Crippen LogP contribution is -2.10. The zero-order valence-corrected chi connectivity index (χ0v) is 7.25. The van der Waals surface area contributed by atoms with Gasteiger partial charge in [0.1, 0.15) is 5.82 Å². The van der Waals surface area contributed by atoms with E-state index in [9.17, 15) is 0 Å². The van der Waals surface area contributed by atoms with Gasteiger partial charge in [-0.2, -0.15) is 0 Å². The number of nitrogens with one attached hydrogen (secondary N) is 1. The molecule has 3 nitrogen and oxygen atoms in total. The Morgan fingerprint density at radius 2 is 2.50 bits per heavy atom. The van der Waals surface area contributed by atoms with Gasteiger partial charge >= 0.3 is 0 Å². The fourth-order valence-electron chi connectivity index (χ4n) is 1.54. The average Bonchev–Trinajstić information content (AvgIpc) is 2.56. The third-order valence-electron chi connectivity index (χ3n) is 2.24. The third kappa shape index (κ3) is 1.46. The van der Waals surface area contributed by atoms with Crippen molar-refractivity contribution < 1.29 is 0 Å². The topological polar surface area (TPSA) is 37.8 Å². The van der Waals surface area contributed by atoms with Crippen LogP contribution < -0.4 is 5.32 Å². The van der Waals surface area contributed by atoms with Gasteiger partial charge < -0.3 is 5.32 Å². The smallest absolute Gasteiger partial charge is 0.132 e. The Morgan fingerprint density at radius 1 is 1.58 bits per heavy atom. The van der Waals surface area contributed by atoms with E-state index in [4.69, 9.17) is 0 Å². The fourth-order valence-corrected chi connectivity index (χ4v) is 1.54. The van der Waals surface area contributed by atoms with Crippen molar-refractivity contribution in [1.29, 1.82) is 0 Å². The second kappa shape index (κ2) is 3.19. The van der Waals surface area contributed by atoms with Crippen LogP contribution in [0.2, 0.25) is 0 Å². The average molecular weight is 163 g/mol. The zero-order chi connectivity index (χ0) is 8.39. The van der Waals surface area contributed by atoms with Gasteiger partial charge in [-0.1, -0.05) is 0 Å². The molecule has 1 fully saturated rings. The predicted octanol–water partition coefficient (Wildman–Crippen LogP) is 0.862. The van der Waals surface area contributed by atoms with Gasteiger partial charge in [0.25, 0.3) is 0 Å². The highest BCUT2D eigenvalue weighted by Gasteiger charge is 2.18. The number of hydrogen-bond acceptors (Lipinski definition) is 3. The molecule has 0 radical (unpaired) electrons. The number of aromatic nitrogens is 2. The van der Waals surface area contributed by atoms with E-state index in [0.29, 0.717) is 5.92 Å². The molecule has 1 aromatic rings. The second-order valence-corrected chi connectivity index (χ2v) is 3.25. The van der Waals surface area contributed by atoms with E-state index in [2.05, 4.69) is 15.3 Å². The molecule has 2 heterocycles. The highest BCUT2D eigenvalue weighted by atomic mass is 15.0. The quantitative estimate of drug-likeness (QED) is 0.667. The van der Waals surface area contributed by atoms with Crippen LogP contribution in [0.4, 0.5) is 0 Å². The number of aryl methyl sites for hydroxylation is 1. The summed E-state index contributed by atoms with van der Waals surface area (Å²) in [6.45, 7) is 4.14. The third-order valence-corrected chi connectivity index (χ3v) is 2.24. The van der Waals surface area contributed by atoms with Crippen LogP contribution in [0.25, 0.3) is 0 Å². The summed E-state index contributed by atoms with van der Waals surface area (Å²) in [5, 5.41) is 3.31. The summed E-state index contributed by atoms with van der Waals surface area (Å²) in [6, 6.07) is 1.94. The Kier molecular flexibility index (Phi) is 2.04. The van der Waals surface area contributed by atoms with Crippen molar-refractivity contribution in [1.82, 2.24) is 15.3 Å². The molecule has 1 aliphatic rings. The number of nitrogens with zero attached hydrogens (tertiary/aromatic N) is 2. The van der Waals surface area contributed by atoms with E-state index in [1.807, 2.05) is 19.2 Å². The molecule has 1 atom stereocenters. The Balaban J connectivity index is 2.21. The van der Waals surface area contributed by atoms with Crippen molar-refractivity contribution in [3.63, 3.8) is 0 Å². The van der Waals surface area contributed by atoms with Gasteiger partial charge in [-0.15, -0.1) is 0 Å². The van der Waals surface area contributed by atoms with Crippen molar-refractivity contribution >= 4 is 0 Å². The van der Waals surface area contributed by atoms with Crippen molar-refractivity contribution in [2.75, 3.05) is 13.1 Å². The van der Waals surface area contributed by atoms with Gasteiger partial charge in [0, 0.05) is 24.4 Å².